The maximum Gasteiger partial charge on any atom is 0.264 e. The first kappa shape index (κ1) is 18.2. The average Bonchev–Trinajstić information content (AvgIpc) is 3.27. The van der Waals surface area contributed by atoms with E-state index in [-0.39, 0.29) is 23.1 Å². The zero-order valence-electron chi connectivity index (χ0n) is 15.4. The van der Waals surface area contributed by atoms with E-state index in [1.54, 1.807) is 0 Å². The van der Waals surface area contributed by atoms with Crippen LogP contribution in [0.1, 0.15) is 28.1 Å². The summed E-state index contributed by atoms with van der Waals surface area (Å²) in [5, 5.41) is 4.99. The topological polar surface area (TPSA) is 58.6 Å². The summed E-state index contributed by atoms with van der Waals surface area (Å²) in [6.07, 6.45) is 1.63. The fraction of sp³-hybridized carbons (Fsp3) is 0.429. The standard InChI is InChI=1S/C21H24N2O3S/c1-15-7-12-27-18(15)20(25)23-13-17(21(14-23)8-10-26-11-9-21)19(24)22-16-5-3-2-4-6-16/h2-7,12,17H,8-11,13-14H2,1H3,(H,22,24). The van der Waals surface area contributed by atoms with E-state index in [1.807, 2.05) is 53.6 Å². The number of carbonyl (C=O) groups is 2. The van der Waals surface area contributed by atoms with Crippen LogP contribution in [0.25, 0.3) is 0 Å². The Hall–Kier alpha value is -2.18. The Morgan fingerprint density at radius 3 is 2.59 bits per heavy atom. The van der Waals surface area contributed by atoms with Gasteiger partial charge in [0, 0.05) is 37.4 Å². The van der Waals surface area contributed by atoms with E-state index in [0.717, 1.165) is 29.0 Å². The number of nitrogens with zero attached hydrogens (tertiary/aromatic N) is 1. The lowest BCUT2D eigenvalue weighted by Gasteiger charge is -2.37. The predicted molar refractivity (Wildman–Crippen MR) is 106 cm³/mol. The monoisotopic (exact) mass is 384 g/mol. The molecule has 1 unspecified atom stereocenters. The Kier molecular flexibility index (Phi) is 5.02. The summed E-state index contributed by atoms with van der Waals surface area (Å²) in [6, 6.07) is 11.5. The van der Waals surface area contributed by atoms with Crippen molar-refractivity contribution in [3.05, 3.63) is 52.2 Å². The van der Waals surface area contributed by atoms with Crippen molar-refractivity contribution in [1.29, 1.82) is 0 Å². The van der Waals surface area contributed by atoms with Gasteiger partial charge in [-0.05, 0) is 48.9 Å². The van der Waals surface area contributed by atoms with Crippen LogP contribution < -0.4 is 5.32 Å². The molecule has 2 amide bonds. The van der Waals surface area contributed by atoms with Gasteiger partial charge < -0.3 is 15.0 Å². The molecule has 142 valence electrons. The number of para-hydroxylation sites is 1. The van der Waals surface area contributed by atoms with Gasteiger partial charge >= 0.3 is 0 Å². The number of benzene rings is 1. The normalized spacial score (nSPS) is 21.4. The van der Waals surface area contributed by atoms with Crippen molar-refractivity contribution in [3.8, 4) is 0 Å². The Labute approximate surface area is 163 Å². The third-order valence-corrected chi connectivity index (χ3v) is 6.84. The molecule has 2 aliphatic rings. The number of nitrogens with one attached hydrogen (secondary N) is 1. The largest absolute Gasteiger partial charge is 0.381 e. The number of ether oxygens (including phenoxy) is 1. The molecular formula is C21H24N2O3S. The molecule has 2 aliphatic heterocycles. The number of anilines is 1. The molecule has 6 heteroatoms. The van der Waals surface area contributed by atoms with Crippen LogP contribution in [0.4, 0.5) is 5.69 Å². The number of aryl methyl sites for hydroxylation is 1. The van der Waals surface area contributed by atoms with Crippen LogP contribution in [-0.4, -0.2) is 43.0 Å². The number of hydrogen-bond donors (Lipinski definition) is 1. The van der Waals surface area contributed by atoms with Crippen LogP contribution >= 0.6 is 11.3 Å². The molecule has 1 aromatic carbocycles. The molecule has 0 bridgehead atoms. The SMILES string of the molecule is Cc1ccsc1C(=O)N1CC(C(=O)Nc2ccccc2)C2(CCOCC2)C1. The number of amides is 2. The molecule has 4 rings (SSSR count). The third-order valence-electron chi connectivity index (χ3n) is 5.84. The molecule has 2 saturated heterocycles. The molecule has 0 saturated carbocycles. The number of rotatable bonds is 3. The molecule has 1 N–H and O–H groups in total. The number of carbonyl (C=O) groups excluding carboxylic acids is 2. The minimum atomic E-state index is -0.217. The maximum atomic E-state index is 13.1. The van der Waals surface area contributed by atoms with Gasteiger partial charge in [-0.1, -0.05) is 18.2 Å². The lowest BCUT2D eigenvalue weighted by Crippen LogP contribution is -2.42. The van der Waals surface area contributed by atoms with Gasteiger partial charge in [0.25, 0.3) is 5.91 Å². The molecule has 3 heterocycles. The average molecular weight is 385 g/mol. The van der Waals surface area contributed by atoms with Crippen LogP contribution in [0, 0.1) is 18.3 Å². The molecule has 0 aliphatic carbocycles. The Bertz CT molecular complexity index is 827. The molecule has 1 aromatic heterocycles. The van der Waals surface area contributed by atoms with E-state index in [0.29, 0.717) is 26.3 Å². The first-order chi connectivity index (χ1) is 13.1. The van der Waals surface area contributed by atoms with Crippen LogP contribution in [0.5, 0.6) is 0 Å². The zero-order valence-corrected chi connectivity index (χ0v) is 16.3. The minimum Gasteiger partial charge on any atom is -0.381 e. The van der Waals surface area contributed by atoms with E-state index in [1.165, 1.54) is 11.3 Å². The van der Waals surface area contributed by atoms with Crippen molar-refractivity contribution in [2.75, 3.05) is 31.6 Å². The van der Waals surface area contributed by atoms with Gasteiger partial charge in [-0.3, -0.25) is 9.59 Å². The van der Waals surface area contributed by atoms with Crippen molar-refractivity contribution >= 4 is 28.8 Å². The number of hydrogen-bond acceptors (Lipinski definition) is 4. The quantitative estimate of drug-likeness (QED) is 0.880. The molecule has 1 spiro atoms. The van der Waals surface area contributed by atoms with E-state index in [4.69, 9.17) is 4.74 Å². The highest BCUT2D eigenvalue weighted by Crippen LogP contribution is 2.45. The smallest absolute Gasteiger partial charge is 0.264 e. The van der Waals surface area contributed by atoms with Crippen LogP contribution in [0.3, 0.4) is 0 Å². The van der Waals surface area contributed by atoms with Crippen LogP contribution in [0.2, 0.25) is 0 Å². The molecule has 0 radical (unpaired) electrons. The molecule has 1 atom stereocenters. The van der Waals surface area contributed by atoms with Gasteiger partial charge in [-0.2, -0.15) is 0 Å². The van der Waals surface area contributed by atoms with Crippen molar-refractivity contribution < 1.29 is 14.3 Å². The maximum absolute atomic E-state index is 13.1. The van der Waals surface area contributed by atoms with Gasteiger partial charge in [-0.15, -0.1) is 11.3 Å². The highest BCUT2D eigenvalue weighted by atomic mass is 32.1. The second-order valence-corrected chi connectivity index (χ2v) is 8.42. The summed E-state index contributed by atoms with van der Waals surface area (Å²) in [7, 11) is 0. The van der Waals surface area contributed by atoms with Crippen LogP contribution in [-0.2, 0) is 9.53 Å². The lowest BCUT2D eigenvalue weighted by molar-refractivity contribution is -0.124. The molecule has 5 nitrogen and oxygen atoms in total. The Balaban J connectivity index is 1.57. The van der Waals surface area contributed by atoms with Gasteiger partial charge in [0.2, 0.25) is 5.91 Å². The van der Waals surface area contributed by atoms with Crippen LogP contribution in [0.15, 0.2) is 41.8 Å². The Morgan fingerprint density at radius 1 is 1.19 bits per heavy atom. The lowest BCUT2D eigenvalue weighted by atomic mass is 9.71. The minimum absolute atomic E-state index is 0.00121. The summed E-state index contributed by atoms with van der Waals surface area (Å²) >= 11 is 1.48. The first-order valence-electron chi connectivity index (χ1n) is 9.36. The Morgan fingerprint density at radius 2 is 1.93 bits per heavy atom. The van der Waals surface area contributed by atoms with Crippen molar-refractivity contribution in [2.24, 2.45) is 11.3 Å². The fourth-order valence-corrected chi connectivity index (χ4v) is 5.15. The second kappa shape index (κ2) is 7.44. The van der Waals surface area contributed by atoms with Gasteiger partial charge in [-0.25, -0.2) is 0 Å². The van der Waals surface area contributed by atoms with Crippen molar-refractivity contribution in [3.63, 3.8) is 0 Å². The summed E-state index contributed by atoms with van der Waals surface area (Å²) < 4.78 is 5.56. The van der Waals surface area contributed by atoms with Crippen molar-refractivity contribution in [2.45, 2.75) is 19.8 Å². The van der Waals surface area contributed by atoms with E-state index < -0.39 is 0 Å². The van der Waals surface area contributed by atoms with Gasteiger partial charge in [0.15, 0.2) is 0 Å². The summed E-state index contributed by atoms with van der Waals surface area (Å²) in [6.45, 7) is 4.35. The summed E-state index contributed by atoms with van der Waals surface area (Å²) in [5.74, 6) is -0.171. The molecule has 2 aromatic rings. The van der Waals surface area contributed by atoms with Crippen molar-refractivity contribution in [1.82, 2.24) is 4.90 Å². The summed E-state index contributed by atoms with van der Waals surface area (Å²) in [4.78, 5) is 28.8. The predicted octanol–water partition coefficient (Wildman–Crippen LogP) is 3.56. The third kappa shape index (κ3) is 3.51. The second-order valence-electron chi connectivity index (χ2n) is 7.50. The fourth-order valence-electron chi connectivity index (χ4n) is 4.26. The molecule has 2 fully saturated rings. The highest BCUT2D eigenvalue weighted by molar-refractivity contribution is 7.12. The van der Waals surface area contributed by atoms with Gasteiger partial charge in [0.05, 0.1) is 10.8 Å². The van der Waals surface area contributed by atoms with E-state index in [9.17, 15) is 9.59 Å². The number of thiophene rings is 1. The number of likely N-dealkylation sites (tertiary alicyclic amines) is 1. The zero-order chi connectivity index (χ0) is 18.9. The summed E-state index contributed by atoms with van der Waals surface area (Å²) in [5.41, 5.74) is 1.60. The molecule has 27 heavy (non-hydrogen) atoms. The first-order valence-corrected chi connectivity index (χ1v) is 10.2. The molecular weight excluding hydrogens is 360 g/mol. The highest BCUT2D eigenvalue weighted by Gasteiger charge is 2.52. The van der Waals surface area contributed by atoms with Gasteiger partial charge in [0.1, 0.15) is 0 Å². The van der Waals surface area contributed by atoms with E-state index in [2.05, 4.69) is 5.32 Å². The van der Waals surface area contributed by atoms with E-state index >= 15 is 0 Å².